The second-order valence-corrected chi connectivity index (χ2v) is 8.11. The Morgan fingerprint density at radius 3 is 2.26 bits per heavy atom. The van der Waals surface area contributed by atoms with Gasteiger partial charge in [-0.3, -0.25) is 4.79 Å². The summed E-state index contributed by atoms with van der Waals surface area (Å²) in [7, 11) is 0. The highest BCUT2D eigenvalue weighted by atomic mass is 32.2. The number of rotatable bonds is 6. The number of nitrogens with one attached hydrogen (secondary N) is 1. The van der Waals surface area contributed by atoms with Crippen molar-refractivity contribution < 1.29 is 4.79 Å². The molecule has 2 aromatic carbocycles. The molecule has 0 aliphatic rings. The Labute approximate surface area is 168 Å². The van der Waals surface area contributed by atoms with Crippen LogP contribution in [0.2, 0.25) is 0 Å². The van der Waals surface area contributed by atoms with Crippen molar-refractivity contribution in [1.82, 2.24) is 9.97 Å². The second-order valence-electron chi connectivity index (χ2n) is 6.05. The summed E-state index contributed by atoms with van der Waals surface area (Å²) in [5.41, 5.74) is 3.81. The van der Waals surface area contributed by atoms with Crippen LogP contribution in [0, 0.1) is 20.8 Å². The molecule has 0 spiro atoms. The number of nitrogens with zero attached hydrogens (tertiary/aromatic N) is 2. The van der Waals surface area contributed by atoms with Crippen LogP contribution >= 0.6 is 23.5 Å². The van der Waals surface area contributed by atoms with E-state index in [9.17, 15) is 4.79 Å². The van der Waals surface area contributed by atoms with Gasteiger partial charge in [-0.25, -0.2) is 9.97 Å². The van der Waals surface area contributed by atoms with Gasteiger partial charge in [-0.1, -0.05) is 53.9 Å². The van der Waals surface area contributed by atoms with Gasteiger partial charge in [0.2, 0.25) is 5.91 Å². The average Bonchev–Trinajstić information content (AvgIpc) is 2.67. The Morgan fingerprint density at radius 2 is 1.56 bits per heavy atom. The molecule has 0 radical (unpaired) electrons. The third-order valence-corrected chi connectivity index (χ3v) is 6.01. The van der Waals surface area contributed by atoms with Gasteiger partial charge in [-0.2, -0.15) is 0 Å². The fraction of sp³-hybridized carbons (Fsp3) is 0.190. The van der Waals surface area contributed by atoms with Crippen LogP contribution in [0.1, 0.15) is 17.0 Å². The number of amides is 1. The van der Waals surface area contributed by atoms with Gasteiger partial charge in [-0.05, 0) is 50.6 Å². The predicted molar refractivity (Wildman–Crippen MR) is 113 cm³/mol. The van der Waals surface area contributed by atoms with Crippen LogP contribution < -0.4 is 5.32 Å². The Morgan fingerprint density at radius 1 is 0.926 bits per heavy atom. The lowest BCUT2D eigenvalue weighted by atomic mass is 10.2. The third kappa shape index (κ3) is 5.34. The molecule has 0 bridgehead atoms. The maximum atomic E-state index is 12.4. The smallest absolute Gasteiger partial charge is 0.234 e. The standard InChI is InChI=1S/C21H21N3OS2/c1-14-15(2)22-21(23-16(14)3)26-13-20(25)24-18-11-7-8-12-19(18)27-17-9-5-4-6-10-17/h4-12H,13H2,1-3H3,(H,24,25). The van der Waals surface area contributed by atoms with Crippen molar-refractivity contribution in [3.8, 4) is 0 Å². The van der Waals surface area contributed by atoms with E-state index in [1.807, 2.05) is 63.2 Å². The lowest BCUT2D eigenvalue weighted by Crippen LogP contribution is -2.15. The lowest BCUT2D eigenvalue weighted by Gasteiger charge is -2.11. The molecule has 4 nitrogen and oxygen atoms in total. The summed E-state index contributed by atoms with van der Waals surface area (Å²) in [5.74, 6) is 0.201. The summed E-state index contributed by atoms with van der Waals surface area (Å²) in [6.45, 7) is 5.93. The molecule has 0 aliphatic heterocycles. The number of para-hydroxylation sites is 1. The van der Waals surface area contributed by atoms with Crippen LogP contribution in [-0.2, 0) is 4.79 Å². The van der Waals surface area contributed by atoms with E-state index >= 15 is 0 Å². The highest BCUT2D eigenvalue weighted by Crippen LogP contribution is 2.33. The van der Waals surface area contributed by atoms with Crippen LogP contribution in [-0.4, -0.2) is 21.6 Å². The minimum absolute atomic E-state index is 0.0689. The molecule has 6 heteroatoms. The number of hydrogen-bond donors (Lipinski definition) is 1. The van der Waals surface area contributed by atoms with Crippen molar-refractivity contribution in [2.45, 2.75) is 35.7 Å². The first-order valence-corrected chi connectivity index (χ1v) is 10.4. The van der Waals surface area contributed by atoms with Crippen molar-refractivity contribution in [3.63, 3.8) is 0 Å². The van der Waals surface area contributed by atoms with Gasteiger partial charge in [0, 0.05) is 21.2 Å². The topological polar surface area (TPSA) is 54.9 Å². The summed E-state index contributed by atoms with van der Waals surface area (Å²) in [6, 6.07) is 17.9. The lowest BCUT2D eigenvalue weighted by molar-refractivity contribution is -0.113. The molecule has 1 aromatic heterocycles. The van der Waals surface area contributed by atoms with Crippen LogP contribution in [0.5, 0.6) is 0 Å². The molecule has 3 rings (SSSR count). The van der Waals surface area contributed by atoms with Crippen molar-refractivity contribution in [1.29, 1.82) is 0 Å². The van der Waals surface area contributed by atoms with Gasteiger partial charge in [0.05, 0.1) is 11.4 Å². The number of aryl methyl sites for hydroxylation is 2. The molecule has 0 aliphatic carbocycles. The molecule has 27 heavy (non-hydrogen) atoms. The molecular weight excluding hydrogens is 374 g/mol. The van der Waals surface area contributed by atoms with Gasteiger partial charge in [0.1, 0.15) is 0 Å². The molecule has 3 aromatic rings. The van der Waals surface area contributed by atoms with Crippen molar-refractivity contribution in [2.24, 2.45) is 0 Å². The molecule has 1 N–H and O–H groups in total. The van der Waals surface area contributed by atoms with Gasteiger partial charge in [0.15, 0.2) is 5.16 Å². The van der Waals surface area contributed by atoms with Gasteiger partial charge in [-0.15, -0.1) is 0 Å². The largest absolute Gasteiger partial charge is 0.324 e. The Bertz CT molecular complexity index is 922. The summed E-state index contributed by atoms with van der Waals surface area (Å²) in [4.78, 5) is 23.5. The molecule has 1 heterocycles. The molecule has 0 fully saturated rings. The molecule has 0 unspecified atom stereocenters. The van der Waals surface area contributed by atoms with E-state index in [1.54, 1.807) is 11.8 Å². The number of benzene rings is 2. The van der Waals surface area contributed by atoms with Crippen LogP contribution in [0.4, 0.5) is 5.69 Å². The maximum absolute atomic E-state index is 12.4. The minimum Gasteiger partial charge on any atom is -0.324 e. The SMILES string of the molecule is Cc1nc(SCC(=O)Nc2ccccc2Sc2ccccc2)nc(C)c1C. The molecular formula is C21H21N3OS2. The number of carbonyl (C=O) groups is 1. The highest BCUT2D eigenvalue weighted by molar-refractivity contribution is 8.00. The van der Waals surface area contributed by atoms with E-state index in [-0.39, 0.29) is 11.7 Å². The quantitative estimate of drug-likeness (QED) is 0.454. The number of hydrogen-bond acceptors (Lipinski definition) is 5. The molecule has 0 atom stereocenters. The van der Waals surface area contributed by atoms with Crippen LogP contribution in [0.3, 0.4) is 0 Å². The molecule has 138 valence electrons. The van der Waals surface area contributed by atoms with Crippen molar-refractivity contribution in [2.75, 3.05) is 11.1 Å². The Balaban J connectivity index is 1.64. The summed E-state index contributed by atoms with van der Waals surface area (Å²) in [5, 5.41) is 3.64. The summed E-state index contributed by atoms with van der Waals surface area (Å²) in [6.07, 6.45) is 0. The zero-order valence-corrected chi connectivity index (χ0v) is 17.2. The third-order valence-electron chi connectivity index (χ3n) is 4.08. The van der Waals surface area contributed by atoms with E-state index in [4.69, 9.17) is 0 Å². The van der Waals surface area contributed by atoms with E-state index in [0.717, 1.165) is 32.4 Å². The van der Waals surface area contributed by atoms with Crippen LogP contribution in [0.15, 0.2) is 69.5 Å². The van der Waals surface area contributed by atoms with E-state index < -0.39 is 0 Å². The fourth-order valence-electron chi connectivity index (χ4n) is 2.40. The molecule has 0 saturated heterocycles. The number of anilines is 1. The Kier molecular flexibility index (Phi) is 6.53. The van der Waals surface area contributed by atoms with Gasteiger partial charge >= 0.3 is 0 Å². The zero-order chi connectivity index (χ0) is 19.2. The Hall–Kier alpha value is -2.31. The normalized spacial score (nSPS) is 10.6. The summed E-state index contributed by atoms with van der Waals surface area (Å²) < 4.78 is 0. The van der Waals surface area contributed by atoms with E-state index in [0.29, 0.717) is 5.16 Å². The number of aromatic nitrogens is 2. The molecule has 1 amide bonds. The monoisotopic (exact) mass is 395 g/mol. The minimum atomic E-state index is -0.0689. The highest BCUT2D eigenvalue weighted by Gasteiger charge is 2.11. The summed E-state index contributed by atoms with van der Waals surface area (Å²) >= 11 is 2.98. The van der Waals surface area contributed by atoms with Crippen LogP contribution in [0.25, 0.3) is 0 Å². The predicted octanol–water partition coefficient (Wildman–Crippen LogP) is 5.28. The first kappa shape index (κ1) is 19.5. The molecule has 0 saturated carbocycles. The van der Waals surface area contributed by atoms with E-state index in [2.05, 4.69) is 27.4 Å². The average molecular weight is 396 g/mol. The van der Waals surface area contributed by atoms with Crippen molar-refractivity contribution >= 4 is 35.1 Å². The first-order valence-electron chi connectivity index (χ1n) is 8.59. The first-order chi connectivity index (χ1) is 13.0. The second kappa shape index (κ2) is 9.06. The fourth-order valence-corrected chi connectivity index (χ4v) is 4.05. The zero-order valence-electron chi connectivity index (χ0n) is 15.5. The number of thioether (sulfide) groups is 1. The van der Waals surface area contributed by atoms with E-state index in [1.165, 1.54) is 11.8 Å². The van der Waals surface area contributed by atoms with Gasteiger partial charge in [0.25, 0.3) is 0 Å². The van der Waals surface area contributed by atoms with Crippen molar-refractivity contribution in [3.05, 3.63) is 71.5 Å². The maximum Gasteiger partial charge on any atom is 0.234 e. The number of carbonyl (C=O) groups excluding carboxylic acids is 1. The van der Waals surface area contributed by atoms with Gasteiger partial charge < -0.3 is 5.32 Å².